The molecule has 20 heavy (non-hydrogen) atoms. The van der Waals surface area contributed by atoms with E-state index in [1.165, 1.54) is 0 Å². The highest BCUT2D eigenvalue weighted by Crippen LogP contribution is 2.20. The Balaban J connectivity index is 2.88. The second-order valence-corrected chi connectivity index (χ2v) is 6.27. The number of nitrogens with two attached hydrogens (primary N) is 1. The molecular weight excluding hydrogens is 278 g/mol. The van der Waals surface area contributed by atoms with Crippen molar-refractivity contribution < 1.29 is 14.6 Å². The first kappa shape index (κ1) is 17.0. The van der Waals surface area contributed by atoms with E-state index in [1.807, 2.05) is 30.3 Å². The molecule has 0 aliphatic carbocycles. The number of ether oxygens (including phenoxy) is 1. The van der Waals surface area contributed by atoms with E-state index in [0.717, 1.165) is 5.56 Å². The maximum Gasteiger partial charge on any atom is 0.312 e. The third kappa shape index (κ3) is 5.49. The fourth-order valence-electron chi connectivity index (χ4n) is 1.81. The maximum absolute atomic E-state index is 12.2. The molecular formula is C15H22ClNO3. The molecule has 0 spiro atoms. The molecule has 112 valence electrons. The molecule has 0 aliphatic heterocycles. The van der Waals surface area contributed by atoms with Crippen molar-refractivity contribution in [2.45, 2.75) is 44.4 Å². The lowest BCUT2D eigenvalue weighted by molar-refractivity contribution is -0.164. The summed E-state index contributed by atoms with van der Waals surface area (Å²) in [6.45, 7) is 5.33. The number of aliphatic hydroxyl groups is 1. The Labute approximate surface area is 124 Å². The summed E-state index contributed by atoms with van der Waals surface area (Å²) in [7, 11) is 0. The van der Waals surface area contributed by atoms with Crippen LogP contribution in [0.25, 0.3) is 0 Å². The standard InChI is InChI=1S/C15H22ClNO3/c1-15(2,3)20-14(19)11(12(18)13(16)17)9-10-7-5-4-6-8-10/h4-8,11-13,18H,9,17H2,1-3H3/t11-,12+,13?/m0/s1. The minimum absolute atomic E-state index is 0.331. The van der Waals surface area contributed by atoms with Crippen molar-refractivity contribution in [1.29, 1.82) is 0 Å². The summed E-state index contributed by atoms with van der Waals surface area (Å²) in [5.41, 5.74) is 4.78. The van der Waals surface area contributed by atoms with Crippen molar-refractivity contribution in [2.75, 3.05) is 0 Å². The molecule has 0 heterocycles. The molecule has 5 heteroatoms. The van der Waals surface area contributed by atoms with Crippen molar-refractivity contribution >= 4 is 17.6 Å². The van der Waals surface area contributed by atoms with E-state index < -0.39 is 29.1 Å². The van der Waals surface area contributed by atoms with Crippen LogP contribution in [0.2, 0.25) is 0 Å². The van der Waals surface area contributed by atoms with Gasteiger partial charge in [0.05, 0.1) is 12.0 Å². The number of rotatable bonds is 5. The third-order valence-corrected chi connectivity index (χ3v) is 3.00. The molecule has 0 bridgehead atoms. The largest absolute Gasteiger partial charge is 0.460 e. The minimum atomic E-state index is -1.16. The predicted molar refractivity (Wildman–Crippen MR) is 79.3 cm³/mol. The van der Waals surface area contributed by atoms with Gasteiger partial charge in [0.15, 0.2) is 0 Å². The zero-order valence-electron chi connectivity index (χ0n) is 12.0. The SMILES string of the molecule is CC(C)(C)OC(=O)[C@@H](Cc1ccccc1)[C@@H](O)C(N)Cl. The molecule has 0 aromatic heterocycles. The molecule has 1 aromatic rings. The van der Waals surface area contributed by atoms with Crippen LogP contribution < -0.4 is 5.73 Å². The fraction of sp³-hybridized carbons (Fsp3) is 0.533. The van der Waals surface area contributed by atoms with Crippen LogP contribution in [0.4, 0.5) is 0 Å². The van der Waals surface area contributed by atoms with Gasteiger partial charge in [-0.2, -0.15) is 0 Å². The van der Waals surface area contributed by atoms with Crippen LogP contribution in [0.5, 0.6) is 0 Å². The van der Waals surface area contributed by atoms with Gasteiger partial charge in [-0.1, -0.05) is 30.3 Å². The van der Waals surface area contributed by atoms with Gasteiger partial charge < -0.3 is 15.6 Å². The van der Waals surface area contributed by atoms with E-state index in [4.69, 9.17) is 22.1 Å². The van der Waals surface area contributed by atoms with Crippen LogP contribution in [0.15, 0.2) is 30.3 Å². The highest BCUT2D eigenvalue weighted by molar-refractivity contribution is 6.20. The van der Waals surface area contributed by atoms with Gasteiger partial charge in [0.1, 0.15) is 11.1 Å². The molecule has 4 nitrogen and oxygen atoms in total. The average Bonchev–Trinajstić information content (AvgIpc) is 2.34. The normalized spacial score (nSPS) is 16.3. The summed E-state index contributed by atoms with van der Waals surface area (Å²) in [4.78, 5) is 12.2. The number of esters is 1. The van der Waals surface area contributed by atoms with E-state index in [0.29, 0.717) is 6.42 Å². The van der Waals surface area contributed by atoms with E-state index in [-0.39, 0.29) is 0 Å². The van der Waals surface area contributed by atoms with Gasteiger partial charge in [0, 0.05) is 0 Å². The summed E-state index contributed by atoms with van der Waals surface area (Å²) >= 11 is 5.72. The lowest BCUT2D eigenvalue weighted by Crippen LogP contribution is -2.43. The first-order valence-electron chi connectivity index (χ1n) is 6.55. The summed E-state index contributed by atoms with van der Waals surface area (Å²) in [5, 5.41) is 10.1. The summed E-state index contributed by atoms with van der Waals surface area (Å²) in [5.74, 6) is -1.28. The first-order chi connectivity index (χ1) is 9.20. The van der Waals surface area contributed by atoms with Gasteiger partial charge in [0.25, 0.3) is 0 Å². The molecule has 0 aliphatic rings. The second kappa shape index (κ2) is 7.07. The van der Waals surface area contributed by atoms with Crippen LogP contribution in [-0.2, 0) is 16.0 Å². The van der Waals surface area contributed by atoms with Gasteiger partial charge in [-0.25, -0.2) is 0 Å². The number of aliphatic hydroxyl groups excluding tert-OH is 1. The minimum Gasteiger partial charge on any atom is -0.460 e. The zero-order valence-corrected chi connectivity index (χ0v) is 12.8. The Kier molecular flexibility index (Phi) is 5.99. The van der Waals surface area contributed by atoms with E-state index >= 15 is 0 Å². The van der Waals surface area contributed by atoms with Crippen LogP contribution in [0.3, 0.4) is 0 Å². The molecule has 0 saturated carbocycles. The Morgan fingerprint density at radius 2 is 1.90 bits per heavy atom. The van der Waals surface area contributed by atoms with E-state index in [9.17, 15) is 9.90 Å². The average molecular weight is 300 g/mol. The van der Waals surface area contributed by atoms with Crippen LogP contribution in [-0.4, -0.2) is 28.3 Å². The number of carbonyl (C=O) groups excluding carboxylic acids is 1. The van der Waals surface area contributed by atoms with Gasteiger partial charge in [-0.3, -0.25) is 4.79 Å². The van der Waals surface area contributed by atoms with Crippen LogP contribution in [0.1, 0.15) is 26.3 Å². The van der Waals surface area contributed by atoms with E-state index in [1.54, 1.807) is 20.8 Å². The Morgan fingerprint density at radius 1 is 1.35 bits per heavy atom. The topological polar surface area (TPSA) is 72.5 Å². The Hall–Kier alpha value is -1.10. The monoisotopic (exact) mass is 299 g/mol. The van der Waals surface area contributed by atoms with Crippen molar-refractivity contribution in [2.24, 2.45) is 11.7 Å². The molecule has 0 radical (unpaired) electrons. The van der Waals surface area contributed by atoms with Crippen molar-refractivity contribution in [1.82, 2.24) is 0 Å². The van der Waals surface area contributed by atoms with Crippen molar-refractivity contribution in [3.63, 3.8) is 0 Å². The predicted octanol–water partition coefficient (Wildman–Crippen LogP) is 2.07. The number of alkyl halides is 1. The molecule has 1 unspecified atom stereocenters. The van der Waals surface area contributed by atoms with Gasteiger partial charge in [-0.15, -0.1) is 11.6 Å². The van der Waals surface area contributed by atoms with Crippen molar-refractivity contribution in [3.8, 4) is 0 Å². The van der Waals surface area contributed by atoms with Crippen LogP contribution in [0, 0.1) is 5.92 Å². The summed E-state index contributed by atoms with van der Waals surface area (Å²) in [6.07, 6.45) is -0.830. The molecule has 0 saturated heterocycles. The smallest absolute Gasteiger partial charge is 0.312 e. The number of benzene rings is 1. The highest BCUT2D eigenvalue weighted by Gasteiger charge is 2.34. The number of halogens is 1. The quantitative estimate of drug-likeness (QED) is 0.496. The lowest BCUT2D eigenvalue weighted by Gasteiger charge is -2.27. The second-order valence-electron chi connectivity index (χ2n) is 5.76. The van der Waals surface area contributed by atoms with E-state index in [2.05, 4.69) is 0 Å². The number of hydrogen-bond donors (Lipinski definition) is 2. The third-order valence-electron chi connectivity index (χ3n) is 2.75. The molecule has 3 atom stereocenters. The Bertz CT molecular complexity index is 428. The summed E-state index contributed by atoms with van der Waals surface area (Å²) in [6, 6.07) is 9.38. The highest BCUT2D eigenvalue weighted by atomic mass is 35.5. The van der Waals surface area contributed by atoms with Gasteiger partial charge >= 0.3 is 5.97 Å². The van der Waals surface area contributed by atoms with Gasteiger partial charge in [-0.05, 0) is 32.8 Å². The lowest BCUT2D eigenvalue weighted by atomic mass is 9.93. The molecule has 1 rings (SSSR count). The molecule has 0 fully saturated rings. The molecule has 1 aromatic carbocycles. The van der Waals surface area contributed by atoms with Crippen molar-refractivity contribution in [3.05, 3.63) is 35.9 Å². The first-order valence-corrected chi connectivity index (χ1v) is 6.99. The Morgan fingerprint density at radius 3 is 2.35 bits per heavy atom. The summed E-state index contributed by atoms with van der Waals surface area (Å²) < 4.78 is 5.33. The fourth-order valence-corrected chi connectivity index (χ4v) is 1.99. The molecule has 3 N–H and O–H groups in total. The number of carbonyl (C=O) groups is 1. The zero-order chi connectivity index (χ0) is 15.3. The number of hydrogen-bond acceptors (Lipinski definition) is 4. The van der Waals surface area contributed by atoms with Crippen LogP contribution >= 0.6 is 11.6 Å². The molecule has 0 amide bonds. The van der Waals surface area contributed by atoms with Gasteiger partial charge in [0.2, 0.25) is 0 Å². The maximum atomic E-state index is 12.2.